The highest BCUT2D eigenvalue weighted by molar-refractivity contribution is 14.0. The smallest absolute Gasteiger partial charge is 0.239 e. The van der Waals surface area contributed by atoms with Crippen LogP contribution in [0.5, 0.6) is 5.75 Å². The number of hydrogen-bond acceptors (Lipinski definition) is 4. The van der Waals surface area contributed by atoms with E-state index in [9.17, 15) is 4.79 Å². The van der Waals surface area contributed by atoms with Gasteiger partial charge in [0.25, 0.3) is 0 Å². The minimum absolute atomic E-state index is 0. The average molecular weight is 546 g/mol. The largest absolute Gasteiger partial charge is 0.488 e. The topological polar surface area (TPSA) is 69.2 Å². The molecule has 1 atom stereocenters. The molecule has 7 nitrogen and oxygen atoms in total. The van der Waals surface area contributed by atoms with Gasteiger partial charge in [0.05, 0.1) is 6.04 Å². The van der Waals surface area contributed by atoms with E-state index >= 15 is 0 Å². The summed E-state index contributed by atoms with van der Waals surface area (Å²) in [5, 5.41) is 6.74. The number of para-hydroxylation sites is 1. The van der Waals surface area contributed by atoms with Crippen molar-refractivity contribution in [3.05, 3.63) is 29.8 Å². The Balaban J connectivity index is 0.00000480. The molecule has 1 amide bonds. The number of halogens is 1. The molecule has 1 aliphatic rings. The number of likely N-dealkylation sites (N-methyl/N-ethyl adjacent to an activating group) is 1. The predicted molar refractivity (Wildman–Crippen MR) is 138 cm³/mol. The average Bonchev–Trinajstić information content (AvgIpc) is 3.15. The monoisotopic (exact) mass is 545 g/mol. The standard InChI is InChI=1S/C23H39N5O2.HI/c1-23(2,3)30-20-13-8-7-11-18(20)17-26-22(24-4)25-14-10-16-28-15-9-12-19(28)21(29)27(5)6;/h7-8,11,13,19H,9-10,12,14-17H2,1-6H3,(H2,24,25,26);1H. The van der Waals surface area contributed by atoms with Crippen LogP contribution in [0.25, 0.3) is 0 Å². The zero-order chi connectivity index (χ0) is 22.1. The zero-order valence-electron chi connectivity index (χ0n) is 19.9. The number of amides is 1. The van der Waals surface area contributed by atoms with Gasteiger partial charge in [-0.15, -0.1) is 24.0 Å². The SMILES string of the molecule is CN=C(NCCCN1CCCC1C(=O)N(C)C)NCc1ccccc1OC(C)(C)C.I. The minimum atomic E-state index is -0.239. The van der Waals surface area contributed by atoms with Crippen LogP contribution in [0.1, 0.15) is 45.6 Å². The maximum absolute atomic E-state index is 12.3. The van der Waals surface area contributed by atoms with Gasteiger partial charge in [-0.05, 0) is 52.6 Å². The van der Waals surface area contributed by atoms with Crippen LogP contribution < -0.4 is 15.4 Å². The quantitative estimate of drug-likeness (QED) is 0.228. The molecule has 0 aliphatic carbocycles. The van der Waals surface area contributed by atoms with Crippen molar-refractivity contribution in [1.82, 2.24) is 20.4 Å². The van der Waals surface area contributed by atoms with E-state index in [2.05, 4.69) is 47.4 Å². The fraction of sp³-hybridized carbons (Fsp3) is 0.652. The van der Waals surface area contributed by atoms with E-state index < -0.39 is 0 Å². The van der Waals surface area contributed by atoms with Gasteiger partial charge >= 0.3 is 0 Å². The van der Waals surface area contributed by atoms with Gasteiger partial charge in [0, 0.05) is 46.3 Å². The number of benzene rings is 1. The highest BCUT2D eigenvalue weighted by Crippen LogP contribution is 2.23. The number of carbonyl (C=O) groups is 1. The lowest BCUT2D eigenvalue weighted by atomic mass is 10.1. The Morgan fingerprint density at radius 1 is 1.26 bits per heavy atom. The number of nitrogens with zero attached hydrogens (tertiary/aromatic N) is 3. The maximum atomic E-state index is 12.3. The van der Waals surface area contributed by atoms with E-state index in [1.165, 1.54) is 0 Å². The van der Waals surface area contributed by atoms with Crippen LogP contribution in [0.2, 0.25) is 0 Å². The van der Waals surface area contributed by atoms with Crippen molar-refractivity contribution in [2.45, 2.75) is 58.2 Å². The van der Waals surface area contributed by atoms with Crippen LogP contribution in [0.3, 0.4) is 0 Å². The number of carbonyl (C=O) groups excluding carboxylic acids is 1. The number of likely N-dealkylation sites (tertiary alicyclic amines) is 1. The Hall–Kier alpha value is -1.55. The van der Waals surface area contributed by atoms with E-state index in [4.69, 9.17) is 4.74 Å². The molecule has 1 aromatic rings. The first kappa shape index (κ1) is 27.5. The maximum Gasteiger partial charge on any atom is 0.239 e. The fourth-order valence-corrected chi connectivity index (χ4v) is 3.64. The number of hydrogen-bond donors (Lipinski definition) is 2. The summed E-state index contributed by atoms with van der Waals surface area (Å²) in [5.41, 5.74) is 0.856. The lowest BCUT2D eigenvalue weighted by Crippen LogP contribution is -2.44. The number of guanidine groups is 1. The number of nitrogens with one attached hydrogen (secondary N) is 2. The number of rotatable bonds is 8. The summed E-state index contributed by atoms with van der Waals surface area (Å²) in [6.45, 7) is 9.51. The third kappa shape index (κ3) is 9.22. The predicted octanol–water partition coefficient (Wildman–Crippen LogP) is 3.09. The molecule has 1 saturated heterocycles. The summed E-state index contributed by atoms with van der Waals surface area (Å²) in [6.07, 6.45) is 3.02. The van der Waals surface area contributed by atoms with Crippen molar-refractivity contribution in [2.75, 3.05) is 40.8 Å². The van der Waals surface area contributed by atoms with E-state index in [0.717, 1.165) is 56.2 Å². The Labute approximate surface area is 205 Å². The van der Waals surface area contributed by atoms with Crippen molar-refractivity contribution in [3.63, 3.8) is 0 Å². The summed E-state index contributed by atoms with van der Waals surface area (Å²) in [5.74, 6) is 1.87. The van der Waals surface area contributed by atoms with Gasteiger partial charge in [0.15, 0.2) is 5.96 Å². The normalized spacial score (nSPS) is 17.1. The molecular weight excluding hydrogens is 505 g/mol. The Kier molecular flexibility index (Phi) is 11.6. The van der Waals surface area contributed by atoms with E-state index in [1.54, 1.807) is 11.9 Å². The molecule has 1 aliphatic heterocycles. The van der Waals surface area contributed by atoms with E-state index in [0.29, 0.717) is 6.54 Å². The molecule has 176 valence electrons. The zero-order valence-corrected chi connectivity index (χ0v) is 22.2. The molecule has 31 heavy (non-hydrogen) atoms. The summed E-state index contributed by atoms with van der Waals surface area (Å²) in [7, 11) is 5.45. The van der Waals surface area contributed by atoms with Crippen LogP contribution in [-0.2, 0) is 11.3 Å². The molecule has 2 N–H and O–H groups in total. The van der Waals surface area contributed by atoms with Gasteiger partial charge in [-0.25, -0.2) is 0 Å². The Morgan fingerprint density at radius 2 is 1.97 bits per heavy atom. The highest BCUT2D eigenvalue weighted by atomic mass is 127. The molecular formula is C23H40IN5O2. The van der Waals surface area contributed by atoms with Crippen molar-refractivity contribution in [1.29, 1.82) is 0 Å². The summed E-state index contributed by atoms with van der Waals surface area (Å²) in [6, 6.07) is 8.11. The van der Waals surface area contributed by atoms with Gasteiger partial charge in [0.2, 0.25) is 5.91 Å². The van der Waals surface area contributed by atoms with Gasteiger partial charge in [-0.3, -0.25) is 14.7 Å². The van der Waals surface area contributed by atoms with Crippen LogP contribution in [0.15, 0.2) is 29.3 Å². The van der Waals surface area contributed by atoms with E-state index in [1.807, 2.05) is 32.3 Å². The van der Waals surface area contributed by atoms with E-state index in [-0.39, 0.29) is 41.5 Å². The minimum Gasteiger partial charge on any atom is -0.488 e. The third-order valence-electron chi connectivity index (χ3n) is 5.06. The lowest BCUT2D eigenvalue weighted by molar-refractivity contribution is -0.133. The van der Waals surface area contributed by atoms with Gasteiger partial charge in [-0.2, -0.15) is 0 Å². The molecule has 0 saturated carbocycles. The molecule has 8 heteroatoms. The van der Waals surface area contributed by atoms with Crippen LogP contribution in [0, 0.1) is 0 Å². The summed E-state index contributed by atoms with van der Waals surface area (Å²) in [4.78, 5) is 20.6. The molecule has 1 heterocycles. The highest BCUT2D eigenvalue weighted by Gasteiger charge is 2.30. The number of aliphatic imine (C=N–C) groups is 1. The second kappa shape index (κ2) is 13.1. The molecule has 2 rings (SSSR count). The first-order valence-corrected chi connectivity index (χ1v) is 10.9. The third-order valence-corrected chi connectivity index (χ3v) is 5.06. The second-order valence-corrected chi connectivity index (χ2v) is 8.95. The fourth-order valence-electron chi connectivity index (χ4n) is 3.64. The van der Waals surface area contributed by atoms with Crippen LogP contribution >= 0.6 is 24.0 Å². The molecule has 1 fully saturated rings. The van der Waals surface area contributed by atoms with Crippen LogP contribution in [-0.4, -0.2) is 74.1 Å². The molecule has 1 unspecified atom stereocenters. The molecule has 0 bridgehead atoms. The molecule has 0 aromatic heterocycles. The van der Waals surface area contributed by atoms with Crippen molar-refractivity contribution >= 4 is 35.8 Å². The Morgan fingerprint density at radius 3 is 2.61 bits per heavy atom. The van der Waals surface area contributed by atoms with Crippen molar-refractivity contribution < 1.29 is 9.53 Å². The lowest BCUT2D eigenvalue weighted by Gasteiger charge is -2.26. The molecule has 0 spiro atoms. The van der Waals surface area contributed by atoms with Crippen molar-refractivity contribution in [2.24, 2.45) is 4.99 Å². The Bertz CT molecular complexity index is 718. The second-order valence-electron chi connectivity index (χ2n) is 8.95. The first-order chi connectivity index (χ1) is 14.2. The number of ether oxygens (including phenoxy) is 1. The summed E-state index contributed by atoms with van der Waals surface area (Å²) >= 11 is 0. The molecule has 0 radical (unpaired) electrons. The van der Waals surface area contributed by atoms with Crippen LogP contribution in [0.4, 0.5) is 0 Å². The summed E-state index contributed by atoms with van der Waals surface area (Å²) < 4.78 is 6.06. The first-order valence-electron chi connectivity index (χ1n) is 10.9. The van der Waals surface area contributed by atoms with Crippen molar-refractivity contribution in [3.8, 4) is 5.75 Å². The van der Waals surface area contributed by atoms with Gasteiger partial charge < -0.3 is 20.3 Å². The van der Waals surface area contributed by atoms with Gasteiger partial charge in [-0.1, -0.05) is 18.2 Å². The molecule has 1 aromatic carbocycles. The van der Waals surface area contributed by atoms with Gasteiger partial charge in [0.1, 0.15) is 11.4 Å².